The van der Waals surface area contributed by atoms with Gasteiger partial charge in [0.15, 0.2) is 5.79 Å². The monoisotopic (exact) mass is 388 g/mol. The molecule has 1 amide bonds. The van der Waals surface area contributed by atoms with Crippen molar-refractivity contribution in [2.24, 2.45) is 17.6 Å². The number of aliphatic hydroxyl groups excluding tert-OH is 1. The van der Waals surface area contributed by atoms with Crippen LogP contribution in [0.15, 0.2) is 0 Å². The first kappa shape index (κ1) is 20.9. The van der Waals surface area contributed by atoms with E-state index in [-0.39, 0.29) is 25.0 Å². The van der Waals surface area contributed by atoms with E-state index in [0.29, 0.717) is 12.5 Å². The fourth-order valence-electron chi connectivity index (χ4n) is 4.29. The van der Waals surface area contributed by atoms with Crippen LogP contribution in [0.1, 0.15) is 39.5 Å². The summed E-state index contributed by atoms with van der Waals surface area (Å²) in [6.45, 7) is 4.28. The average Bonchev–Trinajstić information content (AvgIpc) is 3.06. The summed E-state index contributed by atoms with van der Waals surface area (Å²) in [6.07, 6.45) is 1.30. The largest absolute Gasteiger partial charge is 0.387 e. The highest BCUT2D eigenvalue weighted by molar-refractivity contribution is 5.78. The molecule has 2 heterocycles. The quantitative estimate of drug-likeness (QED) is 0.413. The van der Waals surface area contributed by atoms with Crippen LogP contribution in [0.25, 0.3) is 0 Å². The van der Waals surface area contributed by atoms with Gasteiger partial charge in [0.1, 0.15) is 24.9 Å². The Balaban J connectivity index is 1.55. The molecule has 0 bridgehead atoms. The van der Waals surface area contributed by atoms with Gasteiger partial charge in [0, 0.05) is 12.5 Å². The Kier molecular flexibility index (Phi) is 6.41. The third-order valence-electron chi connectivity index (χ3n) is 5.71. The number of fused-ring (bicyclic) bond motifs is 1. The van der Waals surface area contributed by atoms with Crippen LogP contribution in [0, 0.1) is 11.8 Å². The Morgan fingerprint density at radius 3 is 2.59 bits per heavy atom. The van der Waals surface area contributed by atoms with Gasteiger partial charge in [-0.3, -0.25) is 4.79 Å². The van der Waals surface area contributed by atoms with Crippen LogP contribution in [-0.2, 0) is 28.8 Å². The molecule has 9 nitrogen and oxygen atoms in total. The molecule has 2 aliphatic heterocycles. The summed E-state index contributed by atoms with van der Waals surface area (Å²) in [5.41, 5.74) is 5.70. The van der Waals surface area contributed by atoms with Crippen LogP contribution in [0.5, 0.6) is 0 Å². The number of carbonyl (C=O) groups is 1. The molecular weight excluding hydrogens is 356 g/mol. The van der Waals surface area contributed by atoms with E-state index < -0.39 is 29.9 Å². The van der Waals surface area contributed by atoms with E-state index in [2.05, 4.69) is 10.2 Å². The molecule has 1 saturated carbocycles. The molecule has 0 aromatic carbocycles. The van der Waals surface area contributed by atoms with Gasteiger partial charge in [0.05, 0.1) is 7.11 Å². The minimum absolute atomic E-state index is 0.0111. The van der Waals surface area contributed by atoms with Crippen molar-refractivity contribution in [3.63, 3.8) is 0 Å². The zero-order chi connectivity index (χ0) is 19.7. The highest BCUT2D eigenvalue weighted by Gasteiger charge is 2.65. The summed E-state index contributed by atoms with van der Waals surface area (Å²) in [5.74, 6) is -1.69. The van der Waals surface area contributed by atoms with Gasteiger partial charge in [-0.25, -0.2) is 9.78 Å². The molecule has 0 aromatic rings. The molecule has 3 aliphatic rings. The van der Waals surface area contributed by atoms with Crippen LogP contribution in [0.2, 0.25) is 0 Å². The van der Waals surface area contributed by atoms with E-state index in [4.69, 9.17) is 24.8 Å². The van der Waals surface area contributed by atoms with Gasteiger partial charge >= 0.3 is 0 Å². The van der Waals surface area contributed by atoms with Crippen molar-refractivity contribution in [3.8, 4) is 0 Å². The van der Waals surface area contributed by atoms with Crippen molar-refractivity contribution in [1.82, 2.24) is 5.32 Å². The molecule has 0 aromatic heterocycles. The second-order valence-corrected chi connectivity index (χ2v) is 8.13. The summed E-state index contributed by atoms with van der Waals surface area (Å²) in [4.78, 5) is 22.2. The fourth-order valence-corrected chi connectivity index (χ4v) is 4.29. The van der Waals surface area contributed by atoms with Crippen molar-refractivity contribution in [2.75, 3.05) is 26.8 Å². The number of hydrogen-bond donors (Lipinski definition) is 3. The first-order chi connectivity index (χ1) is 12.8. The maximum Gasteiger partial charge on any atom is 0.228 e. The summed E-state index contributed by atoms with van der Waals surface area (Å²) >= 11 is 0. The lowest BCUT2D eigenvalue weighted by atomic mass is 9.81. The second kappa shape index (κ2) is 8.28. The summed E-state index contributed by atoms with van der Waals surface area (Å²) in [6, 6.07) is 0. The van der Waals surface area contributed by atoms with Crippen molar-refractivity contribution in [1.29, 1.82) is 0 Å². The average molecular weight is 388 g/mol. The maximum absolute atomic E-state index is 12.5. The van der Waals surface area contributed by atoms with Gasteiger partial charge in [0.2, 0.25) is 11.7 Å². The molecule has 0 radical (unpaired) electrons. The summed E-state index contributed by atoms with van der Waals surface area (Å²) < 4.78 is 17.6. The van der Waals surface area contributed by atoms with Gasteiger partial charge in [0.25, 0.3) is 0 Å². The minimum atomic E-state index is -1.27. The Labute approximate surface area is 159 Å². The van der Waals surface area contributed by atoms with Gasteiger partial charge in [-0.15, -0.1) is 0 Å². The predicted octanol–water partition coefficient (Wildman–Crippen LogP) is 0.0532. The number of aliphatic hydroxyl groups is 1. The lowest BCUT2D eigenvalue weighted by Gasteiger charge is -2.29. The minimum Gasteiger partial charge on any atom is -0.387 e. The van der Waals surface area contributed by atoms with Crippen molar-refractivity contribution >= 4 is 5.91 Å². The lowest BCUT2D eigenvalue weighted by molar-refractivity contribution is -0.348. The molecule has 2 saturated heterocycles. The third-order valence-corrected chi connectivity index (χ3v) is 5.71. The number of amides is 1. The summed E-state index contributed by atoms with van der Waals surface area (Å²) in [7, 11) is 1.38. The molecule has 1 unspecified atom stereocenters. The molecule has 9 heteroatoms. The number of rotatable bonds is 7. The summed E-state index contributed by atoms with van der Waals surface area (Å²) in [5, 5.41) is 13.6. The molecule has 3 rings (SSSR count). The van der Waals surface area contributed by atoms with Crippen LogP contribution >= 0.6 is 0 Å². The molecule has 156 valence electrons. The molecule has 1 aliphatic carbocycles. The second-order valence-electron chi connectivity index (χ2n) is 8.13. The Hall–Kier alpha value is -0.810. The van der Waals surface area contributed by atoms with E-state index in [9.17, 15) is 9.90 Å². The van der Waals surface area contributed by atoms with Crippen LogP contribution in [-0.4, -0.2) is 67.7 Å². The highest BCUT2D eigenvalue weighted by atomic mass is 17.2. The van der Waals surface area contributed by atoms with E-state index in [0.717, 1.165) is 25.7 Å². The smallest absolute Gasteiger partial charge is 0.228 e. The molecule has 0 spiro atoms. The molecule has 4 atom stereocenters. The number of nitrogens with two attached hydrogens (primary N) is 1. The SMILES string of the molecule is COOC[C@@]12OC(CNC(=O)C3CCC(CN)CC3)[C@@H](O)[C@@H]1OC(C)(C)O2. The zero-order valence-corrected chi connectivity index (χ0v) is 16.3. The molecule has 4 N–H and O–H groups in total. The molecule has 3 fully saturated rings. The molecular formula is C18H32N2O7. The fraction of sp³-hybridized carbons (Fsp3) is 0.944. The van der Waals surface area contributed by atoms with E-state index in [1.807, 2.05) is 0 Å². The van der Waals surface area contributed by atoms with E-state index >= 15 is 0 Å². The standard InChI is InChI=1S/C18H32N2O7/c1-17(2)26-15-14(21)13(25-18(15,27-17)10-24-23-3)9-20-16(22)12-6-4-11(8-19)5-7-12/h11-15,21H,4-10,19H2,1-3H3,(H,20,22)/t11?,12?,13?,14-,15+,18+/m1/s1. The van der Waals surface area contributed by atoms with E-state index in [1.54, 1.807) is 13.8 Å². The third kappa shape index (κ3) is 4.45. The van der Waals surface area contributed by atoms with Gasteiger partial charge in [-0.1, -0.05) is 0 Å². The number of carbonyl (C=O) groups excluding carboxylic acids is 1. The van der Waals surface area contributed by atoms with Crippen LogP contribution < -0.4 is 11.1 Å². The van der Waals surface area contributed by atoms with Crippen molar-refractivity contribution in [2.45, 2.75) is 69.4 Å². The normalized spacial score (nSPS) is 40.7. The van der Waals surface area contributed by atoms with Crippen LogP contribution in [0.4, 0.5) is 0 Å². The Bertz CT molecular complexity index is 524. The first-order valence-electron chi connectivity index (χ1n) is 9.67. The lowest BCUT2D eigenvalue weighted by Crippen LogP contribution is -2.44. The number of nitrogens with one attached hydrogen (secondary N) is 1. The van der Waals surface area contributed by atoms with Gasteiger partial charge in [-0.05, 0) is 52.0 Å². The number of hydrogen-bond acceptors (Lipinski definition) is 8. The Morgan fingerprint density at radius 1 is 1.26 bits per heavy atom. The predicted molar refractivity (Wildman–Crippen MR) is 94.1 cm³/mol. The van der Waals surface area contributed by atoms with Crippen LogP contribution in [0.3, 0.4) is 0 Å². The molecule has 27 heavy (non-hydrogen) atoms. The number of ether oxygens (including phenoxy) is 3. The van der Waals surface area contributed by atoms with Gasteiger partial charge < -0.3 is 30.4 Å². The van der Waals surface area contributed by atoms with Crippen molar-refractivity contribution in [3.05, 3.63) is 0 Å². The van der Waals surface area contributed by atoms with Crippen molar-refractivity contribution < 1.29 is 33.9 Å². The zero-order valence-electron chi connectivity index (χ0n) is 16.3. The highest BCUT2D eigenvalue weighted by Crippen LogP contribution is 2.45. The maximum atomic E-state index is 12.5. The van der Waals surface area contributed by atoms with Gasteiger partial charge in [-0.2, -0.15) is 0 Å². The topological polar surface area (TPSA) is 122 Å². The van der Waals surface area contributed by atoms with E-state index in [1.165, 1.54) is 7.11 Å². The first-order valence-corrected chi connectivity index (χ1v) is 9.67. The Morgan fingerprint density at radius 2 is 1.96 bits per heavy atom.